The average Bonchev–Trinajstić information content (AvgIpc) is 2.50. The van der Waals surface area contributed by atoms with E-state index in [1.807, 2.05) is 37.3 Å². The molecular formula is C18H29NO2. The van der Waals surface area contributed by atoms with Crippen LogP contribution in [0.1, 0.15) is 58.8 Å². The van der Waals surface area contributed by atoms with Gasteiger partial charge in [0.25, 0.3) is 0 Å². The van der Waals surface area contributed by atoms with Gasteiger partial charge in [0.15, 0.2) is 0 Å². The van der Waals surface area contributed by atoms with Crippen LogP contribution in [0.15, 0.2) is 30.3 Å². The Balaban J connectivity index is 2.40. The lowest BCUT2D eigenvalue weighted by molar-refractivity contribution is -0.144. The minimum absolute atomic E-state index is 0.144. The standard InChI is InChI=1S/C18H29NO2/c1-3-5-6-7-8-12-15-17(18(20)21-4-2)19-16-13-10-9-11-14-16/h9-11,13-14,17,19H,3-8,12,15H2,1-2H3. The zero-order valence-corrected chi connectivity index (χ0v) is 13.4. The molecule has 0 aliphatic rings. The molecule has 0 aliphatic carbocycles. The minimum atomic E-state index is -0.237. The number of hydrogen-bond acceptors (Lipinski definition) is 3. The number of nitrogens with one attached hydrogen (secondary N) is 1. The van der Waals surface area contributed by atoms with E-state index >= 15 is 0 Å². The molecule has 0 saturated heterocycles. The molecule has 1 atom stereocenters. The van der Waals surface area contributed by atoms with Crippen molar-refractivity contribution in [3.63, 3.8) is 0 Å². The first kappa shape index (κ1) is 17.5. The molecule has 3 heteroatoms. The Morgan fingerprint density at radius 3 is 2.38 bits per heavy atom. The van der Waals surface area contributed by atoms with Gasteiger partial charge in [0.1, 0.15) is 6.04 Å². The Morgan fingerprint density at radius 1 is 1.05 bits per heavy atom. The first-order valence-corrected chi connectivity index (χ1v) is 8.26. The van der Waals surface area contributed by atoms with Gasteiger partial charge in [0.2, 0.25) is 0 Å². The second-order valence-electron chi connectivity index (χ2n) is 5.37. The summed E-state index contributed by atoms with van der Waals surface area (Å²) < 4.78 is 5.17. The van der Waals surface area contributed by atoms with Gasteiger partial charge < -0.3 is 10.1 Å². The van der Waals surface area contributed by atoms with Crippen molar-refractivity contribution in [3.8, 4) is 0 Å². The van der Waals surface area contributed by atoms with E-state index in [0.29, 0.717) is 6.61 Å². The SMILES string of the molecule is CCCCCCCCC(Nc1ccccc1)C(=O)OCC. The summed E-state index contributed by atoms with van der Waals surface area (Å²) in [6.07, 6.45) is 8.21. The molecule has 0 aromatic heterocycles. The van der Waals surface area contributed by atoms with Crippen LogP contribution in [-0.4, -0.2) is 18.6 Å². The number of carbonyl (C=O) groups excluding carboxylic acids is 1. The van der Waals surface area contributed by atoms with Crippen LogP contribution in [0.25, 0.3) is 0 Å². The van der Waals surface area contributed by atoms with Crippen molar-refractivity contribution in [2.24, 2.45) is 0 Å². The first-order valence-electron chi connectivity index (χ1n) is 8.26. The van der Waals surface area contributed by atoms with Gasteiger partial charge in [-0.25, -0.2) is 4.79 Å². The molecule has 0 aliphatic heterocycles. The number of esters is 1. The van der Waals surface area contributed by atoms with Gasteiger partial charge in [0, 0.05) is 5.69 Å². The third-order valence-corrected chi connectivity index (χ3v) is 3.53. The number of benzene rings is 1. The zero-order valence-electron chi connectivity index (χ0n) is 13.4. The van der Waals surface area contributed by atoms with Crippen LogP contribution in [-0.2, 0) is 9.53 Å². The summed E-state index contributed by atoms with van der Waals surface area (Å²) in [5.74, 6) is -0.144. The molecule has 0 bridgehead atoms. The fraction of sp³-hybridized carbons (Fsp3) is 0.611. The highest BCUT2D eigenvalue weighted by atomic mass is 16.5. The van der Waals surface area contributed by atoms with E-state index < -0.39 is 0 Å². The van der Waals surface area contributed by atoms with Gasteiger partial charge in [0.05, 0.1) is 6.61 Å². The third kappa shape index (κ3) is 7.74. The number of rotatable bonds is 11. The fourth-order valence-corrected chi connectivity index (χ4v) is 2.36. The fourth-order valence-electron chi connectivity index (χ4n) is 2.36. The van der Waals surface area contributed by atoms with Crippen molar-refractivity contribution < 1.29 is 9.53 Å². The van der Waals surface area contributed by atoms with Crippen LogP contribution in [0.2, 0.25) is 0 Å². The summed E-state index contributed by atoms with van der Waals surface area (Å²) >= 11 is 0. The van der Waals surface area contributed by atoms with Crippen LogP contribution in [0.4, 0.5) is 5.69 Å². The minimum Gasteiger partial charge on any atom is -0.464 e. The molecule has 1 N–H and O–H groups in total. The lowest BCUT2D eigenvalue weighted by atomic mass is 10.1. The lowest BCUT2D eigenvalue weighted by Gasteiger charge is -2.18. The van der Waals surface area contributed by atoms with Crippen molar-refractivity contribution in [1.82, 2.24) is 0 Å². The van der Waals surface area contributed by atoms with Crippen molar-refractivity contribution in [3.05, 3.63) is 30.3 Å². The molecule has 0 radical (unpaired) electrons. The molecule has 118 valence electrons. The smallest absolute Gasteiger partial charge is 0.328 e. The van der Waals surface area contributed by atoms with Crippen LogP contribution < -0.4 is 5.32 Å². The molecule has 3 nitrogen and oxygen atoms in total. The maximum absolute atomic E-state index is 12.0. The Labute approximate surface area is 129 Å². The van der Waals surface area contributed by atoms with E-state index in [2.05, 4.69) is 12.2 Å². The van der Waals surface area contributed by atoms with Gasteiger partial charge in [-0.3, -0.25) is 0 Å². The van der Waals surface area contributed by atoms with E-state index in [-0.39, 0.29) is 12.0 Å². The number of para-hydroxylation sites is 1. The van der Waals surface area contributed by atoms with E-state index in [4.69, 9.17) is 4.74 Å². The van der Waals surface area contributed by atoms with Crippen molar-refractivity contribution in [1.29, 1.82) is 0 Å². The van der Waals surface area contributed by atoms with Crippen LogP contribution in [0.5, 0.6) is 0 Å². The Morgan fingerprint density at radius 2 is 1.71 bits per heavy atom. The van der Waals surface area contributed by atoms with Gasteiger partial charge >= 0.3 is 5.97 Å². The Kier molecular flexibility index (Phi) is 9.34. The summed E-state index contributed by atoms with van der Waals surface area (Å²) in [6.45, 7) is 4.51. The van der Waals surface area contributed by atoms with E-state index in [0.717, 1.165) is 18.5 Å². The van der Waals surface area contributed by atoms with E-state index in [9.17, 15) is 4.79 Å². The zero-order chi connectivity index (χ0) is 15.3. The molecule has 1 rings (SSSR count). The van der Waals surface area contributed by atoms with Crippen LogP contribution in [0, 0.1) is 0 Å². The number of anilines is 1. The van der Waals surface area contributed by atoms with Crippen LogP contribution >= 0.6 is 0 Å². The summed E-state index contributed by atoms with van der Waals surface area (Å²) in [5, 5.41) is 3.29. The van der Waals surface area contributed by atoms with E-state index in [1.165, 1.54) is 32.1 Å². The summed E-state index contributed by atoms with van der Waals surface area (Å²) in [5.41, 5.74) is 0.974. The quantitative estimate of drug-likeness (QED) is 0.471. The molecule has 0 saturated carbocycles. The topological polar surface area (TPSA) is 38.3 Å². The third-order valence-electron chi connectivity index (χ3n) is 3.53. The molecule has 1 aromatic carbocycles. The number of unbranched alkanes of at least 4 members (excludes halogenated alkanes) is 5. The largest absolute Gasteiger partial charge is 0.464 e. The molecule has 0 amide bonds. The molecule has 21 heavy (non-hydrogen) atoms. The monoisotopic (exact) mass is 291 g/mol. The lowest BCUT2D eigenvalue weighted by Crippen LogP contribution is -2.31. The van der Waals surface area contributed by atoms with Gasteiger partial charge in [-0.2, -0.15) is 0 Å². The molecular weight excluding hydrogens is 262 g/mol. The summed E-state index contributed by atoms with van der Waals surface area (Å²) in [4.78, 5) is 12.0. The van der Waals surface area contributed by atoms with Gasteiger partial charge in [-0.15, -0.1) is 0 Å². The maximum Gasteiger partial charge on any atom is 0.328 e. The predicted octanol–water partition coefficient (Wildman–Crippen LogP) is 4.78. The van der Waals surface area contributed by atoms with Crippen molar-refractivity contribution in [2.45, 2.75) is 64.8 Å². The number of hydrogen-bond donors (Lipinski definition) is 1. The van der Waals surface area contributed by atoms with Crippen molar-refractivity contribution >= 4 is 11.7 Å². The van der Waals surface area contributed by atoms with Crippen molar-refractivity contribution in [2.75, 3.05) is 11.9 Å². The Hall–Kier alpha value is -1.51. The molecule has 1 unspecified atom stereocenters. The number of ether oxygens (including phenoxy) is 1. The second-order valence-corrected chi connectivity index (χ2v) is 5.37. The molecule has 0 spiro atoms. The van der Waals surface area contributed by atoms with Crippen LogP contribution in [0.3, 0.4) is 0 Å². The first-order chi connectivity index (χ1) is 10.3. The Bertz CT molecular complexity index is 378. The highest BCUT2D eigenvalue weighted by Gasteiger charge is 2.18. The average molecular weight is 291 g/mol. The highest BCUT2D eigenvalue weighted by Crippen LogP contribution is 2.14. The maximum atomic E-state index is 12.0. The second kappa shape index (κ2) is 11.2. The number of carbonyl (C=O) groups is 1. The molecule has 0 heterocycles. The normalized spacial score (nSPS) is 11.9. The summed E-state index contributed by atoms with van der Waals surface area (Å²) in [6, 6.07) is 9.63. The highest BCUT2D eigenvalue weighted by molar-refractivity contribution is 5.79. The van der Waals surface area contributed by atoms with Gasteiger partial charge in [-0.05, 0) is 25.5 Å². The molecule has 0 fully saturated rings. The predicted molar refractivity (Wildman–Crippen MR) is 88.5 cm³/mol. The van der Waals surface area contributed by atoms with Gasteiger partial charge in [-0.1, -0.05) is 63.6 Å². The molecule has 1 aromatic rings. The van der Waals surface area contributed by atoms with E-state index in [1.54, 1.807) is 0 Å². The summed E-state index contributed by atoms with van der Waals surface area (Å²) in [7, 11) is 0.